The number of carbonyl (C=O) groups is 1. The molecule has 4 N–H and O–H groups in total. The zero-order chi connectivity index (χ0) is 13.4. The zero-order valence-electron chi connectivity index (χ0n) is 10.2. The van der Waals surface area contributed by atoms with Crippen molar-refractivity contribution < 1.29 is 15.1 Å². The lowest BCUT2D eigenvalue weighted by Gasteiger charge is -2.13. The normalized spacial score (nSPS) is 12.2. The van der Waals surface area contributed by atoms with Crippen molar-refractivity contribution in [2.75, 3.05) is 6.61 Å². The van der Waals surface area contributed by atoms with Crippen molar-refractivity contribution in [3.05, 3.63) is 29.8 Å². The molecule has 100 valence electrons. The van der Waals surface area contributed by atoms with Crippen LogP contribution in [0.25, 0.3) is 0 Å². The number of benzene rings is 1. The molecule has 1 aromatic rings. The summed E-state index contributed by atoms with van der Waals surface area (Å²) in [6.07, 6.45) is 2.15. The molecule has 0 saturated heterocycles. The Hall–Kier alpha value is -1.08. The van der Waals surface area contributed by atoms with Crippen LogP contribution in [0.3, 0.4) is 0 Å². The maximum Gasteiger partial charge on any atom is 0.263 e. The number of hydroxylamine groups is 1. The lowest BCUT2D eigenvalue weighted by Crippen LogP contribution is -2.42. The predicted octanol–water partition coefficient (Wildman–Crippen LogP) is 1.10. The van der Waals surface area contributed by atoms with E-state index in [4.69, 9.17) is 10.3 Å². The van der Waals surface area contributed by atoms with Crippen molar-refractivity contribution in [1.82, 2.24) is 10.2 Å². The number of hydrogen-bond acceptors (Lipinski definition) is 5. The van der Waals surface area contributed by atoms with Crippen molar-refractivity contribution in [3.63, 3.8) is 0 Å². The Morgan fingerprint density at radius 1 is 1.39 bits per heavy atom. The second-order valence-electron chi connectivity index (χ2n) is 3.83. The molecular formula is C12H18N2O3S. The molecular weight excluding hydrogens is 252 g/mol. The van der Waals surface area contributed by atoms with E-state index in [1.54, 1.807) is 0 Å². The SMILES string of the molecule is CCCc1ccc(SNC(CO)C(=O)NO)cc1. The summed E-state index contributed by atoms with van der Waals surface area (Å²) in [6.45, 7) is 1.75. The van der Waals surface area contributed by atoms with Crippen LogP contribution in [0.4, 0.5) is 0 Å². The summed E-state index contributed by atoms with van der Waals surface area (Å²) < 4.78 is 2.78. The summed E-state index contributed by atoms with van der Waals surface area (Å²) in [4.78, 5) is 12.1. The van der Waals surface area contributed by atoms with Gasteiger partial charge in [0.25, 0.3) is 5.91 Å². The first-order chi connectivity index (χ1) is 8.71. The molecule has 0 aliphatic rings. The highest BCUT2D eigenvalue weighted by Gasteiger charge is 2.16. The molecule has 6 heteroatoms. The van der Waals surface area contributed by atoms with Crippen molar-refractivity contribution in [1.29, 1.82) is 0 Å². The van der Waals surface area contributed by atoms with Gasteiger partial charge in [-0.3, -0.25) is 10.0 Å². The minimum absolute atomic E-state index is 0.382. The second kappa shape index (κ2) is 8.10. The third-order valence-corrected chi connectivity index (χ3v) is 3.30. The third-order valence-electron chi connectivity index (χ3n) is 2.39. The van der Waals surface area contributed by atoms with E-state index >= 15 is 0 Å². The third kappa shape index (κ3) is 4.66. The van der Waals surface area contributed by atoms with Crippen LogP contribution in [0.1, 0.15) is 18.9 Å². The number of aliphatic hydroxyl groups is 1. The van der Waals surface area contributed by atoms with Gasteiger partial charge in [-0.25, -0.2) is 10.2 Å². The fourth-order valence-corrected chi connectivity index (χ4v) is 2.14. The number of rotatable bonds is 7. The molecule has 1 amide bonds. The van der Waals surface area contributed by atoms with Crippen molar-refractivity contribution >= 4 is 17.9 Å². The van der Waals surface area contributed by atoms with Crippen LogP contribution in [0.2, 0.25) is 0 Å². The lowest BCUT2D eigenvalue weighted by atomic mass is 10.1. The lowest BCUT2D eigenvalue weighted by molar-refractivity contribution is -0.131. The molecule has 1 aromatic carbocycles. The van der Waals surface area contributed by atoms with Crippen LogP contribution < -0.4 is 10.2 Å². The number of amides is 1. The summed E-state index contributed by atoms with van der Waals surface area (Å²) in [5.41, 5.74) is 2.78. The van der Waals surface area contributed by atoms with E-state index in [-0.39, 0.29) is 6.61 Å². The van der Waals surface area contributed by atoms with Crippen molar-refractivity contribution in [2.24, 2.45) is 0 Å². The Labute approximate surface area is 111 Å². The smallest absolute Gasteiger partial charge is 0.263 e. The molecule has 0 radical (unpaired) electrons. The van der Waals surface area contributed by atoms with Crippen LogP contribution in [0.15, 0.2) is 29.2 Å². The maximum atomic E-state index is 11.1. The Balaban J connectivity index is 2.49. The van der Waals surface area contributed by atoms with Gasteiger partial charge < -0.3 is 5.11 Å². The standard InChI is InChI=1S/C12H18N2O3S/c1-2-3-9-4-6-10(7-5-9)18-14-11(8-15)12(16)13-17/h4-7,11,14-15,17H,2-3,8H2,1H3,(H,13,16). The van der Waals surface area contributed by atoms with E-state index in [1.807, 2.05) is 24.3 Å². The van der Waals surface area contributed by atoms with Gasteiger partial charge in [-0.1, -0.05) is 25.5 Å². The van der Waals surface area contributed by atoms with Crippen LogP contribution in [0.5, 0.6) is 0 Å². The molecule has 0 fully saturated rings. The minimum Gasteiger partial charge on any atom is -0.394 e. The Morgan fingerprint density at radius 3 is 2.56 bits per heavy atom. The quantitative estimate of drug-likeness (QED) is 0.339. The molecule has 1 atom stereocenters. The van der Waals surface area contributed by atoms with Crippen LogP contribution >= 0.6 is 11.9 Å². The average molecular weight is 270 g/mol. The van der Waals surface area contributed by atoms with Crippen LogP contribution in [-0.2, 0) is 11.2 Å². The summed E-state index contributed by atoms with van der Waals surface area (Å²) >= 11 is 1.24. The van der Waals surface area contributed by atoms with E-state index in [0.29, 0.717) is 0 Å². The van der Waals surface area contributed by atoms with Gasteiger partial charge in [-0.15, -0.1) is 0 Å². The summed E-state index contributed by atoms with van der Waals surface area (Å²) in [5.74, 6) is -0.660. The molecule has 0 aliphatic carbocycles. The number of aryl methyl sites for hydroxylation is 1. The first-order valence-corrected chi connectivity index (χ1v) is 6.59. The van der Waals surface area contributed by atoms with Crippen LogP contribution in [-0.4, -0.2) is 28.9 Å². The van der Waals surface area contributed by atoms with Crippen molar-refractivity contribution in [3.8, 4) is 0 Å². The van der Waals surface area contributed by atoms with Gasteiger partial charge in [0.05, 0.1) is 6.61 Å². The van der Waals surface area contributed by atoms with E-state index in [1.165, 1.54) is 23.0 Å². The average Bonchev–Trinajstić information content (AvgIpc) is 2.41. The van der Waals surface area contributed by atoms with Gasteiger partial charge in [0.15, 0.2) is 0 Å². The summed E-state index contributed by atoms with van der Waals surface area (Å²) in [6, 6.07) is 7.14. The summed E-state index contributed by atoms with van der Waals surface area (Å²) in [5, 5.41) is 17.4. The minimum atomic E-state index is -0.838. The molecule has 0 spiro atoms. The van der Waals surface area contributed by atoms with Gasteiger partial charge in [-0.2, -0.15) is 0 Å². The fourth-order valence-electron chi connectivity index (χ4n) is 1.40. The highest BCUT2D eigenvalue weighted by Crippen LogP contribution is 2.16. The fraction of sp³-hybridized carbons (Fsp3) is 0.417. The Kier molecular flexibility index (Phi) is 6.74. The number of aliphatic hydroxyl groups excluding tert-OH is 1. The highest BCUT2D eigenvalue weighted by molar-refractivity contribution is 7.97. The topological polar surface area (TPSA) is 81.6 Å². The van der Waals surface area contributed by atoms with Crippen LogP contribution in [0, 0.1) is 0 Å². The Bertz CT molecular complexity index is 370. The zero-order valence-corrected chi connectivity index (χ0v) is 11.0. The monoisotopic (exact) mass is 270 g/mol. The number of nitrogens with one attached hydrogen (secondary N) is 2. The largest absolute Gasteiger partial charge is 0.394 e. The molecule has 0 aromatic heterocycles. The first-order valence-electron chi connectivity index (χ1n) is 5.77. The van der Waals surface area contributed by atoms with Gasteiger partial charge in [0.2, 0.25) is 0 Å². The molecule has 0 aliphatic heterocycles. The van der Waals surface area contributed by atoms with Gasteiger partial charge >= 0.3 is 0 Å². The van der Waals surface area contributed by atoms with Crippen molar-refractivity contribution in [2.45, 2.75) is 30.7 Å². The van der Waals surface area contributed by atoms with Gasteiger partial charge in [0, 0.05) is 4.90 Å². The molecule has 1 unspecified atom stereocenters. The van der Waals surface area contributed by atoms with Gasteiger partial charge in [-0.05, 0) is 36.1 Å². The van der Waals surface area contributed by atoms with E-state index in [9.17, 15) is 4.79 Å². The molecule has 18 heavy (non-hydrogen) atoms. The molecule has 5 nitrogen and oxygen atoms in total. The number of hydrogen-bond donors (Lipinski definition) is 4. The molecule has 0 bridgehead atoms. The molecule has 0 saturated carbocycles. The van der Waals surface area contributed by atoms with Gasteiger partial charge in [0.1, 0.15) is 6.04 Å². The number of carbonyl (C=O) groups excluding carboxylic acids is 1. The van der Waals surface area contributed by atoms with E-state index in [2.05, 4.69) is 11.6 Å². The predicted molar refractivity (Wildman–Crippen MR) is 70.2 cm³/mol. The first kappa shape index (κ1) is 15.0. The highest BCUT2D eigenvalue weighted by atomic mass is 32.2. The maximum absolute atomic E-state index is 11.1. The Morgan fingerprint density at radius 2 is 2.06 bits per heavy atom. The summed E-state index contributed by atoms with van der Waals surface area (Å²) in [7, 11) is 0. The van der Waals surface area contributed by atoms with E-state index in [0.717, 1.165) is 17.7 Å². The second-order valence-corrected chi connectivity index (χ2v) is 4.74. The van der Waals surface area contributed by atoms with E-state index < -0.39 is 11.9 Å². The molecule has 0 heterocycles. The molecule has 1 rings (SSSR count).